The second-order valence-electron chi connectivity index (χ2n) is 6.51. The zero-order valence-corrected chi connectivity index (χ0v) is 13.7. The number of fused-ring (bicyclic) bond motifs is 1. The van der Waals surface area contributed by atoms with Gasteiger partial charge in [-0.05, 0) is 43.1 Å². The Hall–Kier alpha value is -1.26. The van der Waals surface area contributed by atoms with Crippen LogP contribution >= 0.6 is 0 Å². The molecule has 0 saturated carbocycles. The first kappa shape index (κ1) is 16.1. The van der Waals surface area contributed by atoms with Crippen LogP contribution in [0.2, 0.25) is 0 Å². The predicted molar refractivity (Wildman–Crippen MR) is 85.9 cm³/mol. The average Bonchev–Trinajstić information content (AvgIpc) is 2.51. The van der Waals surface area contributed by atoms with Gasteiger partial charge in [-0.1, -0.05) is 26.8 Å². The van der Waals surface area contributed by atoms with Crippen LogP contribution < -0.4 is 15.2 Å². The van der Waals surface area contributed by atoms with E-state index in [1.54, 1.807) is 0 Å². The van der Waals surface area contributed by atoms with Crippen molar-refractivity contribution in [3.05, 3.63) is 23.8 Å². The molecule has 1 aliphatic rings. The van der Waals surface area contributed by atoms with Gasteiger partial charge in [0.2, 0.25) is 0 Å². The van der Waals surface area contributed by atoms with Crippen LogP contribution in [0.15, 0.2) is 18.2 Å². The van der Waals surface area contributed by atoms with Crippen molar-refractivity contribution < 1.29 is 9.47 Å². The van der Waals surface area contributed by atoms with Gasteiger partial charge in [0.25, 0.3) is 0 Å². The Morgan fingerprint density at radius 3 is 2.52 bits per heavy atom. The first-order valence-corrected chi connectivity index (χ1v) is 7.80. The van der Waals surface area contributed by atoms with Gasteiger partial charge in [0.05, 0.1) is 0 Å². The highest BCUT2D eigenvalue weighted by molar-refractivity contribution is 5.44. The fraction of sp³-hybridized carbons (Fsp3) is 0.647. The van der Waals surface area contributed by atoms with E-state index in [2.05, 4.69) is 44.7 Å². The molecule has 0 fully saturated rings. The molecule has 1 aromatic carbocycles. The van der Waals surface area contributed by atoms with Crippen LogP contribution in [0.25, 0.3) is 0 Å². The molecular weight excluding hydrogens is 264 g/mol. The third-order valence-electron chi connectivity index (χ3n) is 4.19. The number of hydrogen-bond donors (Lipinski definition) is 1. The molecule has 1 heterocycles. The van der Waals surface area contributed by atoms with Crippen molar-refractivity contribution in [1.29, 1.82) is 0 Å². The van der Waals surface area contributed by atoms with E-state index in [-0.39, 0.29) is 5.41 Å². The van der Waals surface area contributed by atoms with E-state index >= 15 is 0 Å². The summed E-state index contributed by atoms with van der Waals surface area (Å²) in [6.07, 6.45) is 0. The molecule has 2 rings (SSSR count). The first-order valence-electron chi connectivity index (χ1n) is 7.80. The van der Waals surface area contributed by atoms with Gasteiger partial charge in [-0.3, -0.25) is 4.90 Å². The van der Waals surface area contributed by atoms with E-state index in [4.69, 9.17) is 15.2 Å². The standard InChI is InChI=1S/C17H28N2O2/c1-5-19(12-17(3,4)11-18)13(2)14-6-7-15-16(10-14)21-9-8-20-15/h6-7,10,13H,5,8-9,11-12,18H2,1-4H3. The zero-order chi connectivity index (χ0) is 15.5. The number of benzene rings is 1. The Bertz CT molecular complexity index is 474. The molecule has 0 bridgehead atoms. The van der Waals surface area contributed by atoms with Gasteiger partial charge in [-0.2, -0.15) is 0 Å². The summed E-state index contributed by atoms with van der Waals surface area (Å²) in [5.41, 5.74) is 7.26. The quantitative estimate of drug-likeness (QED) is 0.876. The van der Waals surface area contributed by atoms with Crippen LogP contribution in [0.1, 0.15) is 39.3 Å². The average molecular weight is 292 g/mol. The molecular formula is C17H28N2O2. The summed E-state index contributed by atoms with van der Waals surface area (Å²) >= 11 is 0. The molecule has 1 aliphatic heterocycles. The fourth-order valence-electron chi connectivity index (χ4n) is 2.67. The summed E-state index contributed by atoms with van der Waals surface area (Å²) in [6.45, 7) is 12.8. The molecule has 118 valence electrons. The first-order chi connectivity index (χ1) is 9.96. The number of nitrogens with two attached hydrogens (primary N) is 1. The summed E-state index contributed by atoms with van der Waals surface area (Å²) in [4.78, 5) is 2.46. The van der Waals surface area contributed by atoms with Crippen molar-refractivity contribution in [2.75, 3.05) is 32.8 Å². The summed E-state index contributed by atoms with van der Waals surface area (Å²) < 4.78 is 11.3. The molecule has 21 heavy (non-hydrogen) atoms. The molecule has 0 aliphatic carbocycles. The van der Waals surface area contributed by atoms with Gasteiger partial charge in [0.1, 0.15) is 13.2 Å². The molecule has 2 N–H and O–H groups in total. The summed E-state index contributed by atoms with van der Waals surface area (Å²) in [6, 6.07) is 6.59. The lowest BCUT2D eigenvalue weighted by Gasteiger charge is -2.35. The lowest BCUT2D eigenvalue weighted by atomic mass is 9.92. The summed E-state index contributed by atoms with van der Waals surface area (Å²) in [5, 5.41) is 0. The summed E-state index contributed by atoms with van der Waals surface area (Å²) in [7, 11) is 0. The Morgan fingerprint density at radius 1 is 1.24 bits per heavy atom. The van der Waals surface area contributed by atoms with Crippen molar-refractivity contribution in [3.8, 4) is 11.5 Å². The molecule has 0 amide bonds. The monoisotopic (exact) mass is 292 g/mol. The van der Waals surface area contributed by atoms with Crippen molar-refractivity contribution in [2.24, 2.45) is 11.1 Å². The van der Waals surface area contributed by atoms with Crippen LogP contribution in [-0.2, 0) is 0 Å². The highest BCUT2D eigenvalue weighted by Crippen LogP contribution is 2.34. The Morgan fingerprint density at radius 2 is 1.90 bits per heavy atom. The predicted octanol–water partition coefficient (Wildman–Crippen LogP) is 2.83. The lowest BCUT2D eigenvalue weighted by Crippen LogP contribution is -2.40. The van der Waals surface area contributed by atoms with E-state index in [9.17, 15) is 0 Å². The normalized spacial score (nSPS) is 16.1. The smallest absolute Gasteiger partial charge is 0.161 e. The maximum absolute atomic E-state index is 5.88. The Balaban J connectivity index is 2.15. The minimum atomic E-state index is 0.123. The van der Waals surface area contributed by atoms with Crippen molar-refractivity contribution in [2.45, 2.75) is 33.7 Å². The highest BCUT2D eigenvalue weighted by atomic mass is 16.6. The molecule has 0 spiro atoms. The van der Waals surface area contributed by atoms with E-state index in [0.717, 1.165) is 24.6 Å². The minimum Gasteiger partial charge on any atom is -0.486 e. The van der Waals surface area contributed by atoms with E-state index in [1.165, 1.54) is 5.56 Å². The topological polar surface area (TPSA) is 47.7 Å². The Labute approximate surface area is 128 Å². The summed E-state index contributed by atoms with van der Waals surface area (Å²) in [5.74, 6) is 1.71. The van der Waals surface area contributed by atoms with Crippen molar-refractivity contribution in [1.82, 2.24) is 4.90 Å². The molecule has 4 heteroatoms. The van der Waals surface area contributed by atoms with Gasteiger partial charge >= 0.3 is 0 Å². The van der Waals surface area contributed by atoms with E-state index in [0.29, 0.717) is 25.8 Å². The van der Waals surface area contributed by atoms with E-state index < -0.39 is 0 Å². The molecule has 4 nitrogen and oxygen atoms in total. The SMILES string of the molecule is CCN(CC(C)(C)CN)C(C)c1ccc2c(c1)OCCO2. The highest BCUT2D eigenvalue weighted by Gasteiger charge is 2.24. The zero-order valence-electron chi connectivity index (χ0n) is 13.7. The van der Waals surface area contributed by atoms with Gasteiger partial charge in [0, 0.05) is 12.6 Å². The largest absolute Gasteiger partial charge is 0.486 e. The van der Waals surface area contributed by atoms with Gasteiger partial charge < -0.3 is 15.2 Å². The molecule has 0 radical (unpaired) electrons. The van der Waals surface area contributed by atoms with Gasteiger partial charge in [0.15, 0.2) is 11.5 Å². The number of nitrogens with zero attached hydrogens (tertiary/aromatic N) is 1. The molecule has 1 unspecified atom stereocenters. The van der Waals surface area contributed by atoms with Gasteiger partial charge in [-0.15, -0.1) is 0 Å². The maximum Gasteiger partial charge on any atom is 0.161 e. The van der Waals surface area contributed by atoms with Crippen molar-refractivity contribution in [3.63, 3.8) is 0 Å². The molecule has 0 saturated heterocycles. The second-order valence-corrected chi connectivity index (χ2v) is 6.51. The molecule has 1 atom stereocenters. The van der Waals surface area contributed by atoms with Crippen molar-refractivity contribution >= 4 is 0 Å². The maximum atomic E-state index is 5.88. The number of hydrogen-bond acceptors (Lipinski definition) is 4. The van der Waals surface area contributed by atoms with Crippen LogP contribution in [0.5, 0.6) is 11.5 Å². The minimum absolute atomic E-state index is 0.123. The molecule has 0 aromatic heterocycles. The number of rotatable bonds is 6. The van der Waals surface area contributed by atoms with Crippen LogP contribution in [0.3, 0.4) is 0 Å². The van der Waals surface area contributed by atoms with Crippen LogP contribution in [0, 0.1) is 5.41 Å². The van der Waals surface area contributed by atoms with Gasteiger partial charge in [-0.25, -0.2) is 0 Å². The number of ether oxygens (including phenoxy) is 2. The third-order valence-corrected chi connectivity index (χ3v) is 4.19. The Kier molecular flexibility index (Phi) is 5.12. The van der Waals surface area contributed by atoms with Crippen LogP contribution in [-0.4, -0.2) is 37.7 Å². The lowest BCUT2D eigenvalue weighted by molar-refractivity contribution is 0.146. The molecule has 1 aromatic rings. The second kappa shape index (κ2) is 6.67. The van der Waals surface area contributed by atoms with E-state index in [1.807, 2.05) is 6.07 Å². The fourth-order valence-corrected chi connectivity index (χ4v) is 2.67. The third kappa shape index (κ3) is 3.89. The van der Waals surface area contributed by atoms with Crippen LogP contribution in [0.4, 0.5) is 0 Å².